The van der Waals surface area contributed by atoms with Gasteiger partial charge >= 0.3 is 0 Å². The minimum Gasteiger partial charge on any atom is -0.496 e. The number of nitrogens with zero attached hydrogens (tertiary/aromatic N) is 1. The van der Waals surface area contributed by atoms with Crippen LogP contribution in [0, 0.1) is 0 Å². The number of benzene rings is 2. The van der Waals surface area contributed by atoms with Gasteiger partial charge < -0.3 is 9.15 Å². The van der Waals surface area contributed by atoms with Crippen LogP contribution in [0.3, 0.4) is 0 Å². The number of fused-ring (bicyclic) bond motifs is 2. The summed E-state index contributed by atoms with van der Waals surface area (Å²) in [5, 5.41) is 1.25. The van der Waals surface area contributed by atoms with Crippen LogP contribution >= 0.6 is 12.4 Å². The molecule has 25 heavy (non-hydrogen) atoms. The highest BCUT2D eigenvalue weighted by Crippen LogP contribution is 2.28. The Bertz CT molecular complexity index is 945. The molecule has 0 aliphatic carbocycles. The molecule has 4 rings (SSSR count). The lowest BCUT2D eigenvalue weighted by Gasteiger charge is -2.27. The summed E-state index contributed by atoms with van der Waals surface area (Å²) >= 11 is 0. The molecule has 0 radical (unpaired) electrons. The zero-order chi connectivity index (χ0) is 16.5. The van der Waals surface area contributed by atoms with Gasteiger partial charge in [0.2, 0.25) is 5.43 Å². The van der Waals surface area contributed by atoms with Crippen molar-refractivity contribution < 1.29 is 9.15 Å². The first kappa shape index (κ1) is 17.8. The molecule has 0 N–H and O–H groups in total. The summed E-state index contributed by atoms with van der Waals surface area (Å²) in [4.78, 5) is 15.2. The highest BCUT2D eigenvalue weighted by Gasteiger charge is 2.16. The summed E-state index contributed by atoms with van der Waals surface area (Å²) in [7, 11) is 1.67. The molecule has 1 aliphatic rings. The third-order valence-electron chi connectivity index (χ3n) is 4.82. The van der Waals surface area contributed by atoms with Gasteiger partial charge in [0.25, 0.3) is 0 Å². The third-order valence-corrected chi connectivity index (χ3v) is 4.82. The van der Waals surface area contributed by atoms with Gasteiger partial charge in [-0.1, -0.05) is 18.6 Å². The van der Waals surface area contributed by atoms with E-state index in [0.717, 1.165) is 30.9 Å². The van der Waals surface area contributed by atoms with Crippen molar-refractivity contribution in [3.8, 4) is 5.75 Å². The quantitative estimate of drug-likeness (QED) is 0.651. The van der Waals surface area contributed by atoms with Crippen LogP contribution in [0.15, 0.2) is 45.6 Å². The van der Waals surface area contributed by atoms with Gasteiger partial charge in [0.1, 0.15) is 16.9 Å². The first-order valence-electron chi connectivity index (χ1n) is 8.51. The van der Waals surface area contributed by atoms with Gasteiger partial charge in [0, 0.05) is 18.2 Å². The maximum Gasteiger partial charge on any atom is 0.200 e. The Morgan fingerprint density at radius 1 is 1.04 bits per heavy atom. The van der Waals surface area contributed by atoms with E-state index in [2.05, 4.69) is 4.90 Å². The zero-order valence-electron chi connectivity index (χ0n) is 14.3. The molecule has 4 nitrogen and oxygen atoms in total. The van der Waals surface area contributed by atoms with Gasteiger partial charge in [-0.3, -0.25) is 9.69 Å². The van der Waals surface area contributed by atoms with E-state index in [4.69, 9.17) is 9.15 Å². The molecule has 1 saturated heterocycles. The molecule has 132 valence electrons. The molecule has 0 spiro atoms. The number of para-hydroxylation sites is 1. The predicted molar refractivity (Wildman–Crippen MR) is 103 cm³/mol. The lowest BCUT2D eigenvalue weighted by atomic mass is 10.1. The van der Waals surface area contributed by atoms with Crippen LogP contribution in [-0.2, 0) is 6.54 Å². The zero-order valence-corrected chi connectivity index (χ0v) is 15.1. The second-order valence-corrected chi connectivity index (χ2v) is 6.42. The summed E-state index contributed by atoms with van der Waals surface area (Å²) in [5.74, 6) is 0.784. The van der Waals surface area contributed by atoms with E-state index >= 15 is 0 Å². The lowest BCUT2D eigenvalue weighted by Crippen LogP contribution is -2.29. The van der Waals surface area contributed by atoms with Crippen LogP contribution in [0.25, 0.3) is 21.9 Å². The average molecular weight is 360 g/mol. The third kappa shape index (κ3) is 3.37. The van der Waals surface area contributed by atoms with Gasteiger partial charge in [-0.25, -0.2) is 0 Å². The molecule has 0 amide bonds. The molecule has 2 heterocycles. The van der Waals surface area contributed by atoms with Crippen molar-refractivity contribution in [1.29, 1.82) is 0 Å². The van der Waals surface area contributed by atoms with Crippen molar-refractivity contribution >= 4 is 34.3 Å². The van der Waals surface area contributed by atoms with Gasteiger partial charge in [-0.15, -0.1) is 12.4 Å². The van der Waals surface area contributed by atoms with E-state index in [1.807, 2.05) is 36.4 Å². The number of hydrogen-bond donors (Lipinski definition) is 0. The fourth-order valence-corrected chi connectivity index (χ4v) is 3.55. The molecule has 5 heteroatoms. The molecule has 0 unspecified atom stereocenters. The largest absolute Gasteiger partial charge is 0.496 e. The van der Waals surface area contributed by atoms with Crippen LogP contribution in [-0.4, -0.2) is 25.1 Å². The van der Waals surface area contributed by atoms with Crippen molar-refractivity contribution in [1.82, 2.24) is 4.90 Å². The van der Waals surface area contributed by atoms with Crippen LogP contribution in [0.5, 0.6) is 5.75 Å². The van der Waals surface area contributed by atoms with Crippen molar-refractivity contribution in [2.45, 2.75) is 25.8 Å². The molecule has 0 atom stereocenters. The highest BCUT2D eigenvalue weighted by molar-refractivity contribution is 5.90. The maximum atomic E-state index is 12.8. The summed E-state index contributed by atoms with van der Waals surface area (Å²) in [6.07, 6.45) is 3.78. The maximum absolute atomic E-state index is 12.8. The Balaban J connectivity index is 0.00000182. The predicted octanol–water partition coefficient (Wildman–Crippen LogP) is 4.36. The second kappa shape index (κ2) is 7.46. The van der Waals surface area contributed by atoms with E-state index in [1.54, 1.807) is 7.11 Å². The molecule has 1 fully saturated rings. The normalized spacial score (nSPS) is 15.2. The fourth-order valence-electron chi connectivity index (χ4n) is 3.55. The SMILES string of the molecule is COc1cc2oc3ccccc3c(=O)c2cc1CN1CCCCC1.Cl. The molecule has 0 saturated carbocycles. The molecule has 3 aromatic rings. The number of hydrogen-bond acceptors (Lipinski definition) is 4. The topological polar surface area (TPSA) is 42.7 Å². The number of rotatable bonds is 3. The number of halogens is 1. The number of likely N-dealkylation sites (tertiary alicyclic amines) is 1. The van der Waals surface area contributed by atoms with E-state index in [1.165, 1.54) is 19.3 Å². The molecule has 0 bridgehead atoms. The van der Waals surface area contributed by atoms with Gasteiger partial charge in [-0.05, 0) is 44.1 Å². The smallest absolute Gasteiger partial charge is 0.200 e. The van der Waals surface area contributed by atoms with Crippen LogP contribution in [0.2, 0.25) is 0 Å². The molecule has 2 aromatic carbocycles. The molecule has 1 aliphatic heterocycles. The van der Waals surface area contributed by atoms with Gasteiger partial charge in [0.15, 0.2) is 0 Å². The summed E-state index contributed by atoms with van der Waals surface area (Å²) in [6.45, 7) is 3.02. The van der Waals surface area contributed by atoms with Crippen molar-refractivity contribution in [3.05, 3.63) is 52.2 Å². The summed E-state index contributed by atoms with van der Waals surface area (Å²) in [5.41, 5.74) is 2.27. The Kier molecular flexibility index (Phi) is 5.30. The van der Waals surface area contributed by atoms with E-state index in [0.29, 0.717) is 21.9 Å². The van der Waals surface area contributed by atoms with Crippen molar-refractivity contribution in [2.75, 3.05) is 20.2 Å². The first-order valence-corrected chi connectivity index (χ1v) is 8.51. The summed E-state index contributed by atoms with van der Waals surface area (Å²) in [6, 6.07) is 11.2. The Hall–Kier alpha value is -2.04. The van der Waals surface area contributed by atoms with Crippen LogP contribution in [0.4, 0.5) is 0 Å². The van der Waals surface area contributed by atoms with E-state index < -0.39 is 0 Å². The Morgan fingerprint density at radius 2 is 1.80 bits per heavy atom. The first-order chi connectivity index (χ1) is 11.8. The Labute approximate surface area is 152 Å². The monoisotopic (exact) mass is 359 g/mol. The van der Waals surface area contributed by atoms with Crippen LogP contribution < -0.4 is 10.2 Å². The van der Waals surface area contributed by atoms with Gasteiger partial charge in [0.05, 0.1) is 17.9 Å². The van der Waals surface area contributed by atoms with E-state index in [9.17, 15) is 4.79 Å². The number of piperidine rings is 1. The summed E-state index contributed by atoms with van der Waals surface area (Å²) < 4.78 is 11.5. The number of methoxy groups -OCH3 is 1. The highest BCUT2D eigenvalue weighted by atomic mass is 35.5. The Morgan fingerprint density at radius 3 is 2.56 bits per heavy atom. The average Bonchev–Trinajstić information content (AvgIpc) is 2.63. The minimum absolute atomic E-state index is 0. The lowest BCUT2D eigenvalue weighted by molar-refractivity contribution is 0.218. The molecular formula is C20H22ClNO3. The standard InChI is InChI=1S/C20H21NO3.ClH/c1-23-18-12-19-16(11-14(18)13-21-9-5-2-6-10-21)20(22)15-7-3-4-8-17(15)24-19;/h3-4,7-8,11-12H,2,5-6,9-10,13H2,1H3;1H. The molecule has 1 aromatic heterocycles. The van der Waals surface area contributed by atoms with Crippen LogP contribution in [0.1, 0.15) is 24.8 Å². The fraction of sp³-hybridized carbons (Fsp3) is 0.350. The molecular weight excluding hydrogens is 338 g/mol. The second-order valence-electron chi connectivity index (χ2n) is 6.42. The van der Waals surface area contributed by atoms with E-state index in [-0.39, 0.29) is 17.8 Å². The van der Waals surface area contributed by atoms with Crippen molar-refractivity contribution in [2.24, 2.45) is 0 Å². The van der Waals surface area contributed by atoms with Crippen molar-refractivity contribution in [3.63, 3.8) is 0 Å². The number of ether oxygens (including phenoxy) is 1. The van der Waals surface area contributed by atoms with Gasteiger partial charge in [-0.2, -0.15) is 0 Å². The minimum atomic E-state index is 0.